The molecule has 0 aliphatic heterocycles. The molecule has 2 rings (SSSR count). The Balaban J connectivity index is 1.55. The van der Waals surface area contributed by atoms with E-state index in [2.05, 4.69) is 10.6 Å². The zero-order valence-electron chi connectivity index (χ0n) is 17.7. The third kappa shape index (κ3) is 7.45. The van der Waals surface area contributed by atoms with E-state index in [1.165, 1.54) is 0 Å². The first-order valence-corrected chi connectivity index (χ1v) is 9.62. The monoisotopic (exact) mass is 404 g/mol. The molecule has 0 bridgehead atoms. The number of nitrogens with one attached hydrogen (secondary N) is 2. The maximum absolute atomic E-state index is 5.66. The van der Waals surface area contributed by atoms with Gasteiger partial charge in [0.05, 0.1) is 41.7 Å². The summed E-state index contributed by atoms with van der Waals surface area (Å²) in [5.41, 5.74) is 2.28. The second-order valence-corrected chi connectivity index (χ2v) is 6.34. The third-order valence-electron chi connectivity index (χ3n) is 4.40. The average molecular weight is 405 g/mol. The lowest BCUT2D eigenvalue weighted by molar-refractivity contribution is 0.137. The van der Waals surface area contributed by atoms with Gasteiger partial charge in [-0.1, -0.05) is 12.1 Å². The smallest absolute Gasteiger partial charge is 0.161 e. The van der Waals surface area contributed by atoms with Crippen molar-refractivity contribution in [3.63, 3.8) is 0 Å². The number of rotatable bonds is 14. The maximum atomic E-state index is 5.66. The number of benzene rings is 2. The molecule has 0 saturated carbocycles. The highest BCUT2D eigenvalue weighted by Crippen LogP contribution is 2.28. The van der Waals surface area contributed by atoms with Crippen LogP contribution in [0.15, 0.2) is 36.4 Å². The van der Waals surface area contributed by atoms with Gasteiger partial charge in [-0.2, -0.15) is 0 Å². The molecule has 0 spiro atoms. The Labute approximate surface area is 173 Å². The summed E-state index contributed by atoms with van der Waals surface area (Å²) in [7, 11) is 6.55. The molecule has 7 nitrogen and oxygen atoms in total. The molecule has 7 heteroatoms. The minimum absolute atomic E-state index is 0.658. The van der Waals surface area contributed by atoms with Gasteiger partial charge in [-0.15, -0.1) is 0 Å². The summed E-state index contributed by atoms with van der Waals surface area (Å²) in [6, 6.07) is 11.8. The lowest BCUT2D eigenvalue weighted by Crippen LogP contribution is -2.23. The lowest BCUT2D eigenvalue weighted by Gasteiger charge is -2.11. The summed E-state index contributed by atoms with van der Waals surface area (Å²) in [5, 5.41) is 6.73. The van der Waals surface area contributed by atoms with Gasteiger partial charge < -0.3 is 34.3 Å². The van der Waals surface area contributed by atoms with Gasteiger partial charge >= 0.3 is 0 Å². The van der Waals surface area contributed by atoms with E-state index in [0.717, 1.165) is 60.3 Å². The molecule has 2 aromatic carbocycles. The highest BCUT2D eigenvalue weighted by Gasteiger charge is 2.05. The fraction of sp³-hybridized carbons (Fsp3) is 0.455. The molecule has 0 radical (unpaired) electrons. The van der Waals surface area contributed by atoms with Gasteiger partial charge in [0.2, 0.25) is 0 Å². The van der Waals surface area contributed by atoms with E-state index >= 15 is 0 Å². The van der Waals surface area contributed by atoms with Crippen LogP contribution in [0.2, 0.25) is 0 Å². The molecule has 0 aliphatic rings. The Hall–Kier alpha value is -2.48. The molecular formula is C22H32N2O5. The van der Waals surface area contributed by atoms with Crippen molar-refractivity contribution in [3.05, 3.63) is 47.5 Å². The van der Waals surface area contributed by atoms with Gasteiger partial charge in [0, 0.05) is 26.2 Å². The molecule has 0 unspecified atom stereocenters. The minimum atomic E-state index is 0.658. The zero-order valence-corrected chi connectivity index (χ0v) is 17.7. The molecular weight excluding hydrogens is 372 g/mol. The Morgan fingerprint density at radius 1 is 0.586 bits per heavy atom. The summed E-state index contributed by atoms with van der Waals surface area (Å²) in [6.07, 6.45) is 0. The summed E-state index contributed by atoms with van der Waals surface area (Å²) in [6.45, 7) is 4.38. The fourth-order valence-electron chi connectivity index (χ4n) is 2.84. The Kier molecular flexibility index (Phi) is 10.1. The van der Waals surface area contributed by atoms with Crippen LogP contribution in [0.3, 0.4) is 0 Å². The lowest BCUT2D eigenvalue weighted by atomic mass is 10.2. The molecule has 0 saturated heterocycles. The van der Waals surface area contributed by atoms with Crippen LogP contribution in [0.1, 0.15) is 11.1 Å². The van der Waals surface area contributed by atoms with Crippen molar-refractivity contribution in [2.75, 3.05) is 54.7 Å². The van der Waals surface area contributed by atoms with Crippen molar-refractivity contribution in [1.82, 2.24) is 10.6 Å². The summed E-state index contributed by atoms with van der Waals surface area (Å²) in [4.78, 5) is 0. The van der Waals surface area contributed by atoms with E-state index in [0.29, 0.717) is 13.2 Å². The molecule has 0 atom stereocenters. The summed E-state index contributed by atoms with van der Waals surface area (Å²) in [5.74, 6) is 2.95. The van der Waals surface area contributed by atoms with Crippen LogP contribution in [0.4, 0.5) is 0 Å². The molecule has 2 N–H and O–H groups in total. The van der Waals surface area contributed by atoms with Crippen molar-refractivity contribution < 1.29 is 23.7 Å². The number of hydrogen-bond donors (Lipinski definition) is 2. The van der Waals surface area contributed by atoms with Crippen molar-refractivity contribution in [2.45, 2.75) is 13.1 Å². The van der Waals surface area contributed by atoms with Gasteiger partial charge in [0.1, 0.15) is 0 Å². The Morgan fingerprint density at radius 3 is 1.38 bits per heavy atom. The van der Waals surface area contributed by atoms with Crippen LogP contribution in [-0.2, 0) is 17.8 Å². The highest BCUT2D eigenvalue weighted by atomic mass is 16.5. The van der Waals surface area contributed by atoms with Crippen LogP contribution in [0.5, 0.6) is 23.0 Å². The second kappa shape index (κ2) is 12.9. The van der Waals surface area contributed by atoms with E-state index in [1.807, 2.05) is 36.4 Å². The van der Waals surface area contributed by atoms with Crippen molar-refractivity contribution in [1.29, 1.82) is 0 Å². The minimum Gasteiger partial charge on any atom is -0.493 e. The van der Waals surface area contributed by atoms with Crippen molar-refractivity contribution in [3.8, 4) is 23.0 Å². The van der Waals surface area contributed by atoms with E-state index < -0.39 is 0 Å². The van der Waals surface area contributed by atoms with Gasteiger partial charge in [-0.05, 0) is 35.4 Å². The Morgan fingerprint density at radius 2 is 1.00 bits per heavy atom. The first kappa shape index (κ1) is 22.8. The van der Waals surface area contributed by atoms with Gasteiger partial charge in [-0.3, -0.25) is 0 Å². The first-order chi connectivity index (χ1) is 14.2. The number of hydrogen-bond acceptors (Lipinski definition) is 7. The third-order valence-corrected chi connectivity index (χ3v) is 4.40. The molecule has 29 heavy (non-hydrogen) atoms. The zero-order chi connectivity index (χ0) is 20.9. The predicted molar refractivity (Wildman–Crippen MR) is 113 cm³/mol. The normalized spacial score (nSPS) is 10.6. The molecule has 0 fully saturated rings. The quantitative estimate of drug-likeness (QED) is 0.469. The summed E-state index contributed by atoms with van der Waals surface area (Å²) >= 11 is 0. The summed E-state index contributed by atoms with van der Waals surface area (Å²) < 4.78 is 26.8. The predicted octanol–water partition coefficient (Wildman–Crippen LogP) is 2.62. The van der Waals surface area contributed by atoms with Gasteiger partial charge in [0.25, 0.3) is 0 Å². The van der Waals surface area contributed by atoms with Crippen LogP contribution in [0.25, 0.3) is 0 Å². The average Bonchev–Trinajstić information content (AvgIpc) is 2.77. The van der Waals surface area contributed by atoms with E-state index in [4.69, 9.17) is 23.7 Å². The molecule has 0 aromatic heterocycles. The topological polar surface area (TPSA) is 70.2 Å². The van der Waals surface area contributed by atoms with E-state index in [-0.39, 0.29) is 0 Å². The molecule has 2 aromatic rings. The highest BCUT2D eigenvalue weighted by molar-refractivity contribution is 5.43. The first-order valence-electron chi connectivity index (χ1n) is 9.62. The molecule has 0 heterocycles. The van der Waals surface area contributed by atoms with Crippen LogP contribution in [-0.4, -0.2) is 54.7 Å². The van der Waals surface area contributed by atoms with Crippen molar-refractivity contribution in [2.24, 2.45) is 0 Å². The van der Waals surface area contributed by atoms with E-state index in [9.17, 15) is 0 Å². The molecule has 160 valence electrons. The second-order valence-electron chi connectivity index (χ2n) is 6.34. The fourth-order valence-corrected chi connectivity index (χ4v) is 2.84. The molecule has 0 amide bonds. The van der Waals surface area contributed by atoms with Gasteiger partial charge in [0.15, 0.2) is 23.0 Å². The standard InChI is InChI=1S/C22H32N2O5/c1-25-19-7-5-17(13-21(19)27-3)15-23-9-11-29-12-10-24-16-18-6-8-20(26-2)22(14-18)28-4/h5-8,13-14,23-24H,9-12,15-16H2,1-4H3. The van der Waals surface area contributed by atoms with Crippen molar-refractivity contribution >= 4 is 0 Å². The molecule has 0 aliphatic carbocycles. The SMILES string of the molecule is COc1ccc(CNCCOCCNCc2ccc(OC)c(OC)c2)cc1OC. The van der Waals surface area contributed by atoms with Crippen LogP contribution >= 0.6 is 0 Å². The van der Waals surface area contributed by atoms with Crippen LogP contribution < -0.4 is 29.6 Å². The number of methoxy groups -OCH3 is 4. The Bertz CT molecular complexity index is 678. The van der Waals surface area contributed by atoms with Crippen LogP contribution in [0, 0.1) is 0 Å². The van der Waals surface area contributed by atoms with Gasteiger partial charge in [-0.25, -0.2) is 0 Å². The number of ether oxygens (including phenoxy) is 5. The maximum Gasteiger partial charge on any atom is 0.161 e. The largest absolute Gasteiger partial charge is 0.493 e. The van der Waals surface area contributed by atoms with E-state index in [1.54, 1.807) is 28.4 Å².